The van der Waals surface area contributed by atoms with Gasteiger partial charge in [-0.2, -0.15) is 0 Å². The van der Waals surface area contributed by atoms with Crippen LogP contribution in [0.2, 0.25) is 0 Å². The Hall–Kier alpha value is -2.04. The number of amides is 2. The van der Waals surface area contributed by atoms with Crippen molar-refractivity contribution in [2.75, 3.05) is 26.7 Å². The van der Waals surface area contributed by atoms with E-state index in [1.807, 2.05) is 18.2 Å². The highest BCUT2D eigenvalue weighted by Gasteiger charge is 2.23. The molecule has 1 unspecified atom stereocenters. The number of hydrogen-bond donors (Lipinski definition) is 3. The fraction of sp³-hybridized carbons (Fsp3) is 0.500. The van der Waals surface area contributed by atoms with Gasteiger partial charge in [0.2, 0.25) is 5.91 Å². The van der Waals surface area contributed by atoms with Crippen molar-refractivity contribution in [3.8, 4) is 5.75 Å². The van der Waals surface area contributed by atoms with Crippen molar-refractivity contribution in [1.82, 2.24) is 10.2 Å². The second-order valence-corrected chi connectivity index (χ2v) is 6.43. The molecule has 5 N–H and O–H groups in total. The molecule has 1 aromatic rings. The average molecular weight is 489 g/mol. The number of ether oxygens (including phenoxy) is 1. The Balaban J connectivity index is 0.00000364. The van der Waals surface area contributed by atoms with E-state index in [1.54, 1.807) is 13.1 Å². The Bertz CT molecular complexity index is 668. The van der Waals surface area contributed by atoms with Crippen molar-refractivity contribution in [2.24, 2.45) is 22.4 Å². The molecule has 1 heterocycles. The Labute approximate surface area is 176 Å². The summed E-state index contributed by atoms with van der Waals surface area (Å²) in [6.07, 6.45) is 2.43. The van der Waals surface area contributed by atoms with Gasteiger partial charge >= 0.3 is 0 Å². The number of nitrogens with two attached hydrogens (primary N) is 2. The number of piperidine rings is 1. The van der Waals surface area contributed by atoms with Gasteiger partial charge in [0, 0.05) is 33.1 Å². The van der Waals surface area contributed by atoms with Gasteiger partial charge in [-0.15, -0.1) is 24.0 Å². The van der Waals surface area contributed by atoms with Gasteiger partial charge in [-0.05, 0) is 36.5 Å². The topological polar surface area (TPSA) is 123 Å². The van der Waals surface area contributed by atoms with Crippen LogP contribution in [0.4, 0.5) is 0 Å². The molecule has 0 aromatic heterocycles. The van der Waals surface area contributed by atoms with Crippen LogP contribution in [0.5, 0.6) is 5.75 Å². The van der Waals surface area contributed by atoms with Gasteiger partial charge in [0.1, 0.15) is 5.75 Å². The zero-order valence-corrected chi connectivity index (χ0v) is 17.8. The molecule has 1 aromatic carbocycles. The lowest BCUT2D eigenvalue weighted by atomic mass is 9.95. The molecule has 1 aliphatic rings. The third-order valence-corrected chi connectivity index (χ3v) is 4.25. The second kappa shape index (κ2) is 11.6. The zero-order chi connectivity index (χ0) is 18.9. The molecule has 1 saturated heterocycles. The number of primary amides is 2. The Morgan fingerprint density at radius 1 is 1.33 bits per heavy atom. The predicted molar refractivity (Wildman–Crippen MR) is 115 cm³/mol. The summed E-state index contributed by atoms with van der Waals surface area (Å²) >= 11 is 0. The molecule has 0 saturated carbocycles. The number of rotatable bonds is 7. The zero-order valence-electron chi connectivity index (χ0n) is 15.5. The lowest BCUT2D eigenvalue weighted by molar-refractivity contribution is -0.120. The number of aliphatic imine (C=N–C) groups is 1. The molecular formula is C18H28IN5O3. The summed E-state index contributed by atoms with van der Waals surface area (Å²) in [5.41, 5.74) is 11.4. The van der Waals surface area contributed by atoms with Gasteiger partial charge in [-0.25, -0.2) is 0 Å². The molecule has 0 radical (unpaired) electrons. The average Bonchev–Trinajstić information content (AvgIpc) is 2.61. The first-order valence-corrected chi connectivity index (χ1v) is 8.72. The summed E-state index contributed by atoms with van der Waals surface area (Å²) in [4.78, 5) is 28.5. The van der Waals surface area contributed by atoms with Crippen LogP contribution in [0, 0.1) is 5.92 Å². The summed E-state index contributed by atoms with van der Waals surface area (Å²) in [6, 6.07) is 7.46. The minimum absolute atomic E-state index is 0. The van der Waals surface area contributed by atoms with Gasteiger partial charge in [-0.3, -0.25) is 14.6 Å². The van der Waals surface area contributed by atoms with Crippen molar-refractivity contribution in [3.05, 3.63) is 29.8 Å². The smallest absolute Gasteiger partial charge is 0.255 e. The van der Waals surface area contributed by atoms with E-state index >= 15 is 0 Å². The van der Waals surface area contributed by atoms with E-state index in [0.717, 1.165) is 37.5 Å². The predicted octanol–water partition coefficient (Wildman–Crippen LogP) is 0.831. The van der Waals surface area contributed by atoms with Crippen LogP contribution in [-0.4, -0.2) is 49.4 Å². The molecule has 0 spiro atoms. The molecule has 0 bridgehead atoms. The number of likely N-dealkylation sites (tertiary alicyclic amines) is 1. The molecule has 27 heavy (non-hydrogen) atoms. The summed E-state index contributed by atoms with van der Waals surface area (Å²) in [5.74, 6) is 0.891. The molecule has 1 fully saturated rings. The highest BCUT2D eigenvalue weighted by atomic mass is 127. The molecule has 8 nitrogen and oxygen atoms in total. The number of nitrogens with zero attached hydrogens (tertiary/aromatic N) is 2. The molecule has 1 aliphatic heterocycles. The van der Waals surface area contributed by atoms with Gasteiger partial charge in [0.15, 0.2) is 12.6 Å². The van der Waals surface area contributed by atoms with Gasteiger partial charge in [0.25, 0.3) is 5.91 Å². The lowest BCUT2D eigenvalue weighted by Crippen LogP contribution is -2.46. The summed E-state index contributed by atoms with van der Waals surface area (Å²) < 4.78 is 5.32. The summed E-state index contributed by atoms with van der Waals surface area (Å²) in [5, 5.41) is 3.33. The minimum Gasteiger partial charge on any atom is -0.484 e. The van der Waals surface area contributed by atoms with E-state index in [9.17, 15) is 9.59 Å². The van der Waals surface area contributed by atoms with Crippen molar-refractivity contribution < 1.29 is 14.3 Å². The van der Waals surface area contributed by atoms with Gasteiger partial charge < -0.3 is 26.4 Å². The normalized spacial score (nSPS) is 17.0. The lowest BCUT2D eigenvalue weighted by Gasteiger charge is -2.34. The number of nitrogens with one attached hydrogen (secondary N) is 1. The van der Waals surface area contributed by atoms with E-state index in [2.05, 4.69) is 15.2 Å². The first kappa shape index (κ1) is 23.0. The van der Waals surface area contributed by atoms with Crippen molar-refractivity contribution in [3.63, 3.8) is 0 Å². The molecule has 1 atom stereocenters. The van der Waals surface area contributed by atoms with E-state index < -0.39 is 5.91 Å². The maximum Gasteiger partial charge on any atom is 0.255 e. The number of guanidine groups is 1. The molecule has 9 heteroatoms. The SMILES string of the molecule is CN=C(NCc1cccc(OCC(N)=O)c1)N1CCCC(CC(N)=O)C1.I. The number of carbonyl (C=O) groups is 2. The first-order chi connectivity index (χ1) is 12.5. The maximum atomic E-state index is 11.2. The van der Waals surface area contributed by atoms with Crippen molar-refractivity contribution in [1.29, 1.82) is 0 Å². The van der Waals surface area contributed by atoms with Crippen molar-refractivity contribution >= 4 is 41.8 Å². The van der Waals surface area contributed by atoms with E-state index in [1.165, 1.54) is 0 Å². The molecule has 2 amide bonds. The van der Waals surface area contributed by atoms with Crippen LogP contribution in [0.1, 0.15) is 24.8 Å². The third-order valence-electron chi connectivity index (χ3n) is 4.25. The Morgan fingerprint density at radius 2 is 2.11 bits per heavy atom. The van der Waals surface area contributed by atoms with Crippen LogP contribution in [0.15, 0.2) is 29.3 Å². The largest absolute Gasteiger partial charge is 0.484 e. The standard InChI is InChI=1S/C18H27N5O3.HI/c1-21-18(23-7-3-5-14(11-23)9-16(19)24)22-10-13-4-2-6-15(8-13)26-12-17(20)25;/h2,4,6,8,14H,3,5,7,9-12H2,1H3,(H2,19,24)(H2,20,25)(H,21,22);1H. The van der Waals surface area contributed by atoms with Crippen LogP contribution in [0.25, 0.3) is 0 Å². The molecular weight excluding hydrogens is 461 g/mol. The second-order valence-electron chi connectivity index (χ2n) is 6.43. The Morgan fingerprint density at radius 3 is 2.78 bits per heavy atom. The molecule has 150 valence electrons. The molecule has 2 rings (SSSR count). The summed E-state index contributed by atoms with van der Waals surface area (Å²) in [6.45, 7) is 2.09. The monoisotopic (exact) mass is 489 g/mol. The van der Waals surface area contributed by atoms with E-state index in [0.29, 0.717) is 18.7 Å². The first-order valence-electron chi connectivity index (χ1n) is 8.72. The van der Waals surface area contributed by atoms with Crippen LogP contribution in [0.3, 0.4) is 0 Å². The maximum absolute atomic E-state index is 11.2. The quantitative estimate of drug-likeness (QED) is 0.298. The highest BCUT2D eigenvalue weighted by molar-refractivity contribution is 14.0. The van der Waals surface area contributed by atoms with E-state index in [-0.39, 0.29) is 42.4 Å². The number of halogens is 1. The third kappa shape index (κ3) is 8.02. The van der Waals surface area contributed by atoms with Crippen LogP contribution in [-0.2, 0) is 16.1 Å². The molecule has 0 aliphatic carbocycles. The number of carbonyl (C=O) groups excluding carboxylic acids is 2. The highest BCUT2D eigenvalue weighted by Crippen LogP contribution is 2.19. The van der Waals surface area contributed by atoms with Crippen molar-refractivity contribution in [2.45, 2.75) is 25.8 Å². The Kier molecular flexibility index (Phi) is 9.90. The fourth-order valence-corrected chi connectivity index (χ4v) is 3.12. The summed E-state index contributed by atoms with van der Waals surface area (Å²) in [7, 11) is 1.74. The number of benzene rings is 1. The van der Waals surface area contributed by atoms with E-state index in [4.69, 9.17) is 16.2 Å². The van der Waals surface area contributed by atoms with Crippen LogP contribution >= 0.6 is 24.0 Å². The fourth-order valence-electron chi connectivity index (χ4n) is 3.12. The van der Waals surface area contributed by atoms with Gasteiger partial charge in [-0.1, -0.05) is 12.1 Å². The number of hydrogen-bond acceptors (Lipinski definition) is 4. The van der Waals surface area contributed by atoms with Gasteiger partial charge in [0.05, 0.1) is 0 Å². The van der Waals surface area contributed by atoms with Crippen LogP contribution < -0.4 is 21.5 Å². The minimum atomic E-state index is -0.510.